The fourth-order valence-electron chi connectivity index (χ4n) is 11.8. The van der Waals surface area contributed by atoms with E-state index in [1.165, 1.54) is 96.3 Å². The van der Waals surface area contributed by atoms with Crippen molar-refractivity contribution in [1.29, 1.82) is 0 Å². The Labute approximate surface area is 313 Å². The van der Waals surface area contributed by atoms with Crippen molar-refractivity contribution in [2.45, 2.75) is 194 Å². The van der Waals surface area contributed by atoms with Gasteiger partial charge in [0, 0.05) is 33.0 Å². The van der Waals surface area contributed by atoms with Crippen LogP contribution in [-0.4, -0.2) is 59.3 Å². The van der Waals surface area contributed by atoms with Crippen LogP contribution >= 0.6 is 0 Å². The average molecular weight is 713 g/mol. The van der Waals surface area contributed by atoms with Gasteiger partial charge in [0.25, 0.3) is 0 Å². The van der Waals surface area contributed by atoms with Crippen molar-refractivity contribution < 1.29 is 19.8 Å². The van der Waals surface area contributed by atoms with Crippen molar-refractivity contribution >= 4 is 11.8 Å². The van der Waals surface area contributed by atoms with Gasteiger partial charge in [0.15, 0.2) is 0 Å². The van der Waals surface area contributed by atoms with Crippen molar-refractivity contribution in [2.24, 2.45) is 46.3 Å². The standard InChI is InChI=1S/C45H80N2O4/c1-6-7-8-9-10-11-12-13-14-15-16-17-18-19-20-21-42(51)47(5)31-30-46-41(50)25-22-34(2)37-23-24-38-43-39(27-29-45(37,38)4)44(3)28-26-36(48)32-35(44)33-40(43)49/h13-14,34-40,43,48-49H,6-12,15-33H2,1-5H3,(H,46,50)/b14-13-/t34-,35+,36-,37?,38+,39+,40-,43+,44+,45-/m1/s1. The molecular weight excluding hydrogens is 633 g/mol. The number of rotatable bonds is 22. The van der Waals surface area contributed by atoms with Gasteiger partial charge in [-0.05, 0) is 136 Å². The van der Waals surface area contributed by atoms with Crippen LogP contribution < -0.4 is 5.32 Å². The number of hydrogen-bond acceptors (Lipinski definition) is 4. The number of hydrogen-bond donors (Lipinski definition) is 3. The molecule has 4 aliphatic carbocycles. The minimum absolute atomic E-state index is 0.101. The third kappa shape index (κ3) is 11.5. The Morgan fingerprint density at radius 1 is 0.804 bits per heavy atom. The number of carbonyl (C=O) groups is 2. The highest BCUT2D eigenvalue weighted by molar-refractivity contribution is 5.77. The zero-order chi connectivity index (χ0) is 36.9. The largest absolute Gasteiger partial charge is 0.393 e. The lowest BCUT2D eigenvalue weighted by Gasteiger charge is -2.62. The van der Waals surface area contributed by atoms with Crippen LogP contribution in [0.4, 0.5) is 0 Å². The second kappa shape index (κ2) is 20.9. The summed E-state index contributed by atoms with van der Waals surface area (Å²) in [6, 6.07) is 0. The fourth-order valence-corrected chi connectivity index (χ4v) is 11.8. The van der Waals surface area contributed by atoms with Crippen LogP contribution in [0.3, 0.4) is 0 Å². The van der Waals surface area contributed by atoms with Gasteiger partial charge >= 0.3 is 0 Å². The van der Waals surface area contributed by atoms with Crippen LogP contribution in [-0.2, 0) is 9.59 Å². The van der Waals surface area contributed by atoms with E-state index in [1.54, 1.807) is 4.90 Å². The molecule has 4 aliphatic rings. The van der Waals surface area contributed by atoms with Crippen LogP contribution in [0.1, 0.15) is 182 Å². The van der Waals surface area contributed by atoms with Gasteiger partial charge in [0.05, 0.1) is 12.2 Å². The quantitative estimate of drug-likeness (QED) is 0.0770. The molecule has 0 aromatic rings. The highest BCUT2D eigenvalue weighted by atomic mass is 16.3. The molecule has 1 unspecified atom stereocenters. The van der Waals surface area contributed by atoms with Crippen molar-refractivity contribution in [1.82, 2.24) is 10.2 Å². The number of amides is 2. The summed E-state index contributed by atoms with van der Waals surface area (Å²) in [7, 11) is 1.86. The molecular formula is C45H80N2O4. The molecule has 10 atom stereocenters. The van der Waals surface area contributed by atoms with Crippen molar-refractivity contribution in [3.63, 3.8) is 0 Å². The molecule has 6 nitrogen and oxygen atoms in total. The molecule has 4 saturated carbocycles. The minimum Gasteiger partial charge on any atom is -0.393 e. The van der Waals surface area contributed by atoms with E-state index in [4.69, 9.17) is 0 Å². The lowest BCUT2D eigenvalue weighted by atomic mass is 9.43. The normalized spacial score (nSPS) is 33.7. The summed E-state index contributed by atoms with van der Waals surface area (Å²) < 4.78 is 0. The summed E-state index contributed by atoms with van der Waals surface area (Å²) in [5.41, 5.74) is 0.497. The van der Waals surface area contributed by atoms with Gasteiger partial charge < -0.3 is 20.4 Å². The second-order valence-electron chi connectivity index (χ2n) is 18.5. The number of unbranched alkanes of at least 4 members (excludes halogenated alkanes) is 11. The van der Waals surface area contributed by atoms with E-state index in [2.05, 4.69) is 45.2 Å². The van der Waals surface area contributed by atoms with Crippen LogP contribution in [0.5, 0.6) is 0 Å². The first-order chi connectivity index (χ1) is 24.5. The predicted molar refractivity (Wildman–Crippen MR) is 211 cm³/mol. The molecule has 6 heteroatoms. The summed E-state index contributed by atoms with van der Waals surface area (Å²) >= 11 is 0. The molecule has 51 heavy (non-hydrogen) atoms. The fraction of sp³-hybridized carbons (Fsp3) is 0.911. The van der Waals surface area contributed by atoms with E-state index >= 15 is 0 Å². The monoisotopic (exact) mass is 713 g/mol. The van der Waals surface area contributed by atoms with E-state index in [9.17, 15) is 19.8 Å². The van der Waals surface area contributed by atoms with E-state index in [0.29, 0.717) is 61.4 Å². The molecule has 0 aromatic carbocycles. The van der Waals surface area contributed by atoms with Gasteiger partial charge in [-0.2, -0.15) is 0 Å². The van der Waals surface area contributed by atoms with Crippen LogP contribution in [0.15, 0.2) is 12.2 Å². The molecule has 0 heterocycles. The number of allylic oxidation sites excluding steroid dienone is 2. The zero-order valence-corrected chi connectivity index (χ0v) is 33.8. The molecule has 0 aliphatic heterocycles. The Morgan fingerprint density at radius 2 is 1.43 bits per heavy atom. The maximum atomic E-state index is 12.9. The molecule has 294 valence electrons. The molecule has 0 saturated heterocycles. The Morgan fingerprint density at radius 3 is 2.14 bits per heavy atom. The Hall–Kier alpha value is -1.40. The number of nitrogens with one attached hydrogen (secondary N) is 1. The number of aliphatic hydroxyl groups excluding tert-OH is 2. The van der Waals surface area contributed by atoms with Gasteiger partial charge in [0.2, 0.25) is 11.8 Å². The van der Waals surface area contributed by atoms with Gasteiger partial charge in [-0.25, -0.2) is 0 Å². The number of nitrogens with zero attached hydrogens (tertiary/aromatic N) is 1. The third-order valence-electron chi connectivity index (χ3n) is 15.1. The highest BCUT2D eigenvalue weighted by Gasteiger charge is 2.62. The smallest absolute Gasteiger partial charge is 0.222 e. The highest BCUT2D eigenvalue weighted by Crippen LogP contribution is 2.68. The van der Waals surface area contributed by atoms with Crippen molar-refractivity contribution in [2.75, 3.05) is 20.1 Å². The average Bonchev–Trinajstić information content (AvgIpc) is 3.46. The number of likely N-dealkylation sites (N-methyl/N-ethyl adjacent to an activating group) is 1. The molecule has 0 aromatic heterocycles. The summed E-state index contributed by atoms with van der Waals surface area (Å²) in [4.78, 5) is 27.3. The van der Waals surface area contributed by atoms with E-state index in [1.807, 2.05) is 7.05 Å². The Bertz CT molecular complexity index is 1080. The van der Waals surface area contributed by atoms with Crippen LogP contribution in [0.25, 0.3) is 0 Å². The summed E-state index contributed by atoms with van der Waals surface area (Å²) in [5, 5.41) is 25.0. The lowest BCUT2D eigenvalue weighted by Crippen LogP contribution is -2.58. The number of aliphatic hydroxyl groups is 2. The first-order valence-corrected chi connectivity index (χ1v) is 22.0. The topological polar surface area (TPSA) is 89.9 Å². The third-order valence-corrected chi connectivity index (χ3v) is 15.1. The summed E-state index contributed by atoms with van der Waals surface area (Å²) in [6.07, 6.45) is 31.3. The van der Waals surface area contributed by atoms with Crippen LogP contribution in [0.2, 0.25) is 0 Å². The van der Waals surface area contributed by atoms with Crippen molar-refractivity contribution in [3.05, 3.63) is 12.2 Å². The summed E-state index contributed by atoms with van der Waals surface area (Å²) in [5.74, 6) is 3.34. The van der Waals surface area contributed by atoms with E-state index < -0.39 is 0 Å². The maximum Gasteiger partial charge on any atom is 0.222 e. The molecule has 4 fully saturated rings. The Balaban J connectivity index is 1.05. The number of fused-ring (bicyclic) bond motifs is 5. The van der Waals surface area contributed by atoms with Gasteiger partial charge in [-0.3, -0.25) is 9.59 Å². The lowest BCUT2D eigenvalue weighted by molar-refractivity contribution is -0.174. The van der Waals surface area contributed by atoms with E-state index in [-0.39, 0.29) is 34.9 Å². The first-order valence-electron chi connectivity index (χ1n) is 22.0. The minimum atomic E-state index is -0.241. The first kappa shape index (κ1) is 42.3. The molecule has 2 amide bonds. The second-order valence-corrected chi connectivity index (χ2v) is 18.5. The SMILES string of the molecule is CCCCCCCC/C=C\CCCCCCCC(=O)N(C)CCNC(=O)CC[C@@H](C)C1CC[C@H]2[C@@H]3[C@H](O)C[C@@H]4C[C@H](O)CC[C@]4(C)[C@H]3CC[C@]12C. The molecule has 3 N–H and O–H groups in total. The van der Waals surface area contributed by atoms with Crippen molar-refractivity contribution in [3.8, 4) is 0 Å². The predicted octanol–water partition coefficient (Wildman–Crippen LogP) is 10.0. The maximum absolute atomic E-state index is 12.9. The van der Waals surface area contributed by atoms with Gasteiger partial charge in [-0.15, -0.1) is 0 Å². The Kier molecular flexibility index (Phi) is 17.3. The molecule has 0 radical (unpaired) electrons. The molecule has 0 bridgehead atoms. The summed E-state index contributed by atoms with van der Waals surface area (Å²) in [6.45, 7) is 10.7. The molecule has 0 spiro atoms. The molecule has 4 rings (SSSR count). The van der Waals surface area contributed by atoms with Gasteiger partial charge in [0.1, 0.15) is 0 Å². The zero-order valence-electron chi connectivity index (χ0n) is 33.8. The van der Waals surface area contributed by atoms with Gasteiger partial charge in [-0.1, -0.05) is 91.2 Å². The van der Waals surface area contributed by atoms with E-state index in [0.717, 1.165) is 44.9 Å². The van der Waals surface area contributed by atoms with Crippen LogP contribution in [0, 0.1) is 46.3 Å². The number of carbonyl (C=O) groups excluding carboxylic acids is 2.